The molecule has 10 heteroatoms. The molecule has 1 heterocycles. The van der Waals surface area contributed by atoms with E-state index in [1.807, 2.05) is 6.92 Å². The largest absolute Gasteiger partial charge is 0.454 e. The molecule has 0 saturated carbocycles. The Hall–Kier alpha value is -2.13. The van der Waals surface area contributed by atoms with Gasteiger partial charge in [0.25, 0.3) is 11.8 Å². The molecule has 2 rings (SSSR count). The highest BCUT2D eigenvalue weighted by Gasteiger charge is 2.35. The zero-order chi connectivity index (χ0) is 23.2. The zero-order valence-electron chi connectivity index (χ0n) is 18.0. The van der Waals surface area contributed by atoms with Crippen molar-refractivity contribution in [1.82, 2.24) is 10.2 Å². The maximum absolute atomic E-state index is 12.7. The van der Waals surface area contributed by atoms with Gasteiger partial charge in [-0.1, -0.05) is 31.9 Å². The lowest BCUT2D eigenvalue weighted by atomic mass is 9.99. The number of nitrogens with zero attached hydrogens (tertiary/aromatic N) is 1. The summed E-state index contributed by atoms with van der Waals surface area (Å²) in [6.45, 7) is 5.24. The Kier molecular flexibility index (Phi) is 8.88. The van der Waals surface area contributed by atoms with Crippen molar-refractivity contribution in [3.63, 3.8) is 0 Å². The predicted molar refractivity (Wildman–Crippen MR) is 118 cm³/mol. The zero-order valence-corrected chi connectivity index (χ0v) is 19.5. The van der Waals surface area contributed by atoms with E-state index in [-0.39, 0.29) is 17.4 Å². The van der Waals surface area contributed by atoms with Crippen LogP contribution in [-0.4, -0.2) is 67.8 Å². The van der Waals surface area contributed by atoms with E-state index in [1.165, 1.54) is 4.90 Å². The van der Waals surface area contributed by atoms with Gasteiger partial charge in [-0.15, -0.1) is 0 Å². The molecule has 0 aliphatic carbocycles. The lowest BCUT2D eigenvalue weighted by Gasteiger charge is -2.27. The molecule has 1 fully saturated rings. The molecule has 2 amide bonds. The van der Waals surface area contributed by atoms with E-state index in [2.05, 4.69) is 5.32 Å². The molecule has 0 spiro atoms. The van der Waals surface area contributed by atoms with Gasteiger partial charge in [-0.05, 0) is 43.5 Å². The van der Waals surface area contributed by atoms with Gasteiger partial charge in [-0.3, -0.25) is 9.59 Å². The third-order valence-electron chi connectivity index (χ3n) is 5.51. The Labute approximate surface area is 188 Å². The third-order valence-corrected chi connectivity index (χ3v) is 7.51. The van der Waals surface area contributed by atoms with Crippen molar-refractivity contribution in [3.05, 3.63) is 34.9 Å². The van der Waals surface area contributed by atoms with Crippen molar-refractivity contribution in [3.8, 4) is 0 Å². The molecular formula is C21H29ClN2O6S. The minimum absolute atomic E-state index is 0.0497. The van der Waals surface area contributed by atoms with E-state index in [4.69, 9.17) is 16.3 Å². The van der Waals surface area contributed by atoms with Crippen molar-refractivity contribution in [2.24, 2.45) is 5.92 Å². The second-order valence-corrected chi connectivity index (χ2v) is 10.4. The van der Waals surface area contributed by atoms with Crippen LogP contribution in [0.25, 0.3) is 0 Å². The highest BCUT2D eigenvalue weighted by atomic mass is 35.5. The number of nitrogens with one attached hydrogen (secondary N) is 1. The SMILES string of the molecule is CC[C@H](C)[C@H](NC(=O)c1ccc(Cl)cc1)C(=O)OCC(=O)N(CC)C1CCS(=O)(=O)C1. The fraction of sp³-hybridized carbons (Fsp3) is 0.571. The average molecular weight is 473 g/mol. The number of benzene rings is 1. The average Bonchev–Trinajstić information content (AvgIpc) is 3.09. The quantitative estimate of drug-likeness (QED) is 0.551. The van der Waals surface area contributed by atoms with Gasteiger partial charge < -0.3 is 15.0 Å². The maximum Gasteiger partial charge on any atom is 0.329 e. The van der Waals surface area contributed by atoms with E-state index in [0.29, 0.717) is 30.0 Å². The van der Waals surface area contributed by atoms with Gasteiger partial charge in [-0.2, -0.15) is 0 Å². The minimum atomic E-state index is -3.14. The predicted octanol–water partition coefficient (Wildman–Crippen LogP) is 2.06. The molecule has 8 nitrogen and oxygen atoms in total. The van der Waals surface area contributed by atoms with Gasteiger partial charge in [0.05, 0.1) is 11.5 Å². The van der Waals surface area contributed by atoms with Crippen molar-refractivity contribution >= 4 is 39.2 Å². The number of ether oxygens (including phenoxy) is 1. The normalized spacial score (nSPS) is 19.3. The lowest BCUT2D eigenvalue weighted by Crippen LogP contribution is -2.48. The number of amides is 2. The molecule has 0 aromatic heterocycles. The molecule has 1 aliphatic heterocycles. The topological polar surface area (TPSA) is 110 Å². The first-order valence-corrected chi connectivity index (χ1v) is 12.5. The van der Waals surface area contributed by atoms with Crippen LogP contribution in [0.3, 0.4) is 0 Å². The van der Waals surface area contributed by atoms with Crippen molar-refractivity contribution in [2.75, 3.05) is 24.7 Å². The van der Waals surface area contributed by atoms with Crippen LogP contribution in [0.4, 0.5) is 0 Å². The lowest BCUT2D eigenvalue weighted by molar-refractivity contribution is -0.155. The van der Waals surface area contributed by atoms with E-state index >= 15 is 0 Å². The molecule has 0 bridgehead atoms. The van der Waals surface area contributed by atoms with Gasteiger partial charge >= 0.3 is 5.97 Å². The monoisotopic (exact) mass is 472 g/mol. The van der Waals surface area contributed by atoms with Gasteiger partial charge in [-0.25, -0.2) is 13.2 Å². The maximum atomic E-state index is 12.7. The summed E-state index contributed by atoms with van der Waals surface area (Å²) >= 11 is 5.84. The molecule has 31 heavy (non-hydrogen) atoms. The Morgan fingerprint density at radius 3 is 2.39 bits per heavy atom. The second kappa shape index (κ2) is 10.9. The summed E-state index contributed by atoms with van der Waals surface area (Å²) in [5, 5.41) is 3.16. The molecule has 172 valence electrons. The van der Waals surface area contributed by atoms with Crippen LogP contribution in [0.2, 0.25) is 5.02 Å². The van der Waals surface area contributed by atoms with Crippen LogP contribution < -0.4 is 5.32 Å². The Balaban J connectivity index is 2.00. The fourth-order valence-corrected chi connectivity index (χ4v) is 5.32. The van der Waals surface area contributed by atoms with Crippen LogP contribution in [-0.2, 0) is 24.2 Å². The van der Waals surface area contributed by atoms with E-state index in [9.17, 15) is 22.8 Å². The molecule has 1 aromatic carbocycles. The number of hydrogen-bond acceptors (Lipinski definition) is 6. The summed E-state index contributed by atoms with van der Waals surface area (Å²) in [5.74, 6) is -1.86. The summed E-state index contributed by atoms with van der Waals surface area (Å²) < 4.78 is 28.7. The minimum Gasteiger partial charge on any atom is -0.454 e. The van der Waals surface area contributed by atoms with E-state index in [1.54, 1.807) is 38.1 Å². The highest BCUT2D eigenvalue weighted by molar-refractivity contribution is 7.91. The number of halogens is 1. The molecule has 1 aliphatic rings. The Bertz CT molecular complexity index is 903. The third kappa shape index (κ3) is 6.93. The number of rotatable bonds is 9. The van der Waals surface area contributed by atoms with Crippen molar-refractivity contribution < 1.29 is 27.5 Å². The van der Waals surface area contributed by atoms with Crippen LogP contribution >= 0.6 is 11.6 Å². The molecular weight excluding hydrogens is 444 g/mol. The van der Waals surface area contributed by atoms with Crippen LogP contribution in [0.5, 0.6) is 0 Å². The van der Waals surface area contributed by atoms with Gasteiger partial charge in [0.15, 0.2) is 16.4 Å². The fourth-order valence-electron chi connectivity index (χ4n) is 3.46. The molecule has 1 N–H and O–H groups in total. The molecule has 0 radical (unpaired) electrons. The van der Waals surface area contributed by atoms with Crippen LogP contribution in [0, 0.1) is 5.92 Å². The number of hydrogen-bond donors (Lipinski definition) is 1. The summed E-state index contributed by atoms with van der Waals surface area (Å²) in [6.07, 6.45) is 0.984. The molecule has 3 atom stereocenters. The number of esters is 1. The van der Waals surface area contributed by atoms with Gasteiger partial charge in [0.2, 0.25) is 0 Å². The number of sulfone groups is 1. The summed E-state index contributed by atoms with van der Waals surface area (Å²) in [6, 6.07) is 4.92. The van der Waals surface area contributed by atoms with Gasteiger partial charge in [0, 0.05) is 23.2 Å². The molecule has 1 saturated heterocycles. The first kappa shape index (κ1) is 25.1. The van der Waals surface area contributed by atoms with Gasteiger partial charge in [0.1, 0.15) is 6.04 Å². The molecule has 1 aromatic rings. The molecule has 1 unspecified atom stereocenters. The Morgan fingerprint density at radius 1 is 1.23 bits per heavy atom. The van der Waals surface area contributed by atoms with Crippen LogP contribution in [0.15, 0.2) is 24.3 Å². The number of carbonyl (C=O) groups is 3. The number of carbonyl (C=O) groups excluding carboxylic acids is 3. The van der Waals surface area contributed by atoms with E-state index in [0.717, 1.165) is 0 Å². The summed E-state index contributed by atoms with van der Waals surface area (Å²) in [5.41, 5.74) is 0.348. The first-order valence-electron chi connectivity index (χ1n) is 10.3. The van der Waals surface area contributed by atoms with Crippen LogP contribution in [0.1, 0.15) is 44.0 Å². The summed E-state index contributed by atoms with van der Waals surface area (Å²) in [7, 11) is -3.14. The van der Waals surface area contributed by atoms with Crippen molar-refractivity contribution in [1.29, 1.82) is 0 Å². The second-order valence-electron chi connectivity index (χ2n) is 7.69. The van der Waals surface area contributed by atoms with E-state index < -0.39 is 46.3 Å². The number of likely N-dealkylation sites (N-methyl/N-ethyl adjacent to an activating group) is 1. The smallest absolute Gasteiger partial charge is 0.329 e. The standard InChI is InChI=1S/C21H29ClN2O6S/c1-4-14(3)19(23-20(26)15-6-8-16(22)9-7-15)21(27)30-12-18(25)24(5-2)17-10-11-31(28,29)13-17/h6-9,14,17,19H,4-5,10-13H2,1-3H3,(H,23,26)/t14-,17?,19-/m0/s1. The van der Waals surface area contributed by atoms with Crippen molar-refractivity contribution in [2.45, 2.75) is 45.7 Å². The summed E-state index contributed by atoms with van der Waals surface area (Å²) in [4.78, 5) is 39.2. The first-order chi connectivity index (χ1) is 14.6. The Morgan fingerprint density at radius 2 is 1.87 bits per heavy atom. The highest BCUT2D eigenvalue weighted by Crippen LogP contribution is 2.18.